The van der Waals surface area contributed by atoms with Gasteiger partial charge in [0.1, 0.15) is 11.5 Å². The van der Waals surface area contributed by atoms with Gasteiger partial charge in [-0.3, -0.25) is 9.59 Å². The van der Waals surface area contributed by atoms with Crippen LogP contribution < -0.4 is 14.8 Å². The van der Waals surface area contributed by atoms with Gasteiger partial charge in [-0.05, 0) is 38.1 Å². The van der Waals surface area contributed by atoms with Crippen LogP contribution in [-0.4, -0.2) is 36.2 Å². The lowest BCUT2D eigenvalue weighted by atomic mass is 10.0. The Morgan fingerprint density at radius 3 is 2.25 bits per heavy atom. The van der Waals surface area contributed by atoms with Crippen LogP contribution in [0.2, 0.25) is 0 Å². The summed E-state index contributed by atoms with van der Waals surface area (Å²) in [5.74, 6) is -0.0974. The third kappa shape index (κ3) is 5.60. The Kier molecular flexibility index (Phi) is 5.37. The second-order valence-corrected chi connectivity index (χ2v) is 4.97. The van der Waals surface area contributed by atoms with Crippen LogP contribution in [-0.2, 0) is 9.59 Å². The van der Waals surface area contributed by atoms with Gasteiger partial charge in [0.25, 0.3) is 5.91 Å². The number of carbonyl (C=O) groups is 2. The first-order valence-electron chi connectivity index (χ1n) is 6.12. The maximum atomic E-state index is 11.7. The average molecular weight is 281 g/mol. The summed E-state index contributed by atoms with van der Waals surface area (Å²) in [5, 5.41) is 11.3. The predicted molar refractivity (Wildman–Crippen MR) is 73.0 cm³/mol. The number of amides is 1. The molecule has 0 aliphatic heterocycles. The van der Waals surface area contributed by atoms with E-state index in [2.05, 4.69) is 5.32 Å². The maximum absolute atomic E-state index is 11.7. The van der Waals surface area contributed by atoms with Gasteiger partial charge in [-0.1, -0.05) is 0 Å². The van der Waals surface area contributed by atoms with E-state index in [0.717, 1.165) is 0 Å². The van der Waals surface area contributed by atoms with Gasteiger partial charge < -0.3 is 19.9 Å². The largest absolute Gasteiger partial charge is 0.497 e. The Labute approximate surface area is 117 Å². The van der Waals surface area contributed by atoms with E-state index in [0.29, 0.717) is 11.5 Å². The van der Waals surface area contributed by atoms with E-state index in [4.69, 9.17) is 14.6 Å². The zero-order valence-electron chi connectivity index (χ0n) is 11.8. The van der Waals surface area contributed by atoms with Gasteiger partial charge in [0.05, 0.1) is 13.5 Å². The number of ether oxygens (including phenoxy) is 2. The van der Waals surface area contributed by atoms with E-state index in [-0.39, 0.29) is 18.9 Å². The number of nitrogens with one attached hydrogen (secondary N) is 1. The van der Waals surface area contributed by atoms with Crippen molar-refractivity contribution in [1.82, 2.24) is 5.32 Å². The lowest BCUT2D eigenvalue weighted by Crippen LogP contribution is -2.46. The normalized spacial score (nSPS) is 10.8. The monoisotopic (exact) mass is 281 g/mol. The van der Waals surface area contributed by atoms with Crippen molar-refractivity contribution < 1.29 is 24.2 Å². The molecule has 0 aliphatic carbocycles. The third-order valence-corrected chi connectivity index (χ3v) is 2.50. The van der Waals surface area contributed by atoms with Crippen LogP contribution in [0.4, 0.5) is 0 Å². The van der Waals surface area contributed by atoms with Gasteiger partial charge in [-0.15, -0.1) is 0 Å². The highest BCUT2D eigenvalue weighted by atomic mass is 16.5. The minimum absolute atomic E-state index is 0.152. The molecule has 20 heavy (non-hydrogen) atoms. The number of benzene rings is 1. The quantitative estimate of drug-likeness (QED) is 0.790. The Balaban J connectivity index is 2.44. The fourth-order valence-electron chi connectivity index (χ4n) is 1.66. The van der Waals surface area contributed by atoms with E-state index in [1.807, 2.05) is 0 Å². The van der Waals surface area contributed by atoms with Gasteiger partial charge in [0.2, 0.25) is 0 Å². The zero-order valence-corrected chi connectivity index (χ0v) is 11.8. The SMILES string of the molecule is COc1ccc(OCC(=O)NC(C)(C)CC(=O)O)cc1. The van der Waals surface area contributed by atoms with Crippen molar-refractivity contribution in [3.8, 4) is 11.5 Å². The molecule has 0 saturated carbocycles. The van der Waals surface area contributed by atoms with Crippen molar-refractivity contribution in [1.29, 1.82) is 0 Å². The Morgan fingerprint density at radius 1 is 1.20 bits per heavy atom. The molecular weight excluding hydrogens is 262 g/mol. The molecule has 0 bridgehead atoms. The number of hydrogen-bond acceptors (Lipinski definition) is 4. The lowest BCUT2D eigenvalue weighted by Gasteiger charge is -2.24. The number of rotatable bonds is 7. The van der Waals surface area contributed by atoms with Crippen molar-refractivity contribution >= 4 is 11.9 Å². The van der Waals surface area contributed by atoms with E-state index in [1.54, 1.807) is 45.2 Å². The number of hydrogen-bond donors (Lipinski definition) is 2. The molecule has 110 valence electrons. The standard InChI is InChI=1S/C14H19NO5/c1-14(2,8-13(17)18)15-12(16)9-20-11-6-4-10(19-3)5-7-11/h4-7H,8-9H2,1-3H3,(H,15,16)(H,17,18). The summed E-state index contributed by atoms with van der Waals surface area (Å²) in [7, 11) is 1.56. The van der Waals surface area contributed by atoms with E-state index in [9.17, 15) is 9.59 Å². The van der Waals surface area contributed by atoms with Gasteiger partial charge in [0, 0.05) is 5.54 Å². The molecule has 0 fully saturated rings. The zero-order chi connectivity index (χ0) is 15.2. The Bertz CT molecular complexity index is 467. The Hall–Kier alpha value is -2.24. The summed E-state index contributed by atoms with van der Waals surface area (Å²) in [5.41, 5.74) is -0.813. The number of carboxylic acid groups (broad SMARTS) is 1. The molecule has 2 N–H and O–H groups in total. The molecule has 1 rings (SSSR count). The molecule has 0 saturated heterocycles. The summed E-state index contributed by atoms with van der Waals surface area (Å²) in [6.07, 6.45) is -0.152. The minimum atomic E-state index is -0.966. The van der Waals surface area contributed by atoms with Gasteiger partial charge in [0.15, 0.2) is 6.61 Å². The minimum Gasteiger partial charge on any atom is -0.497 e. The van der Waals surface area contributed by atoms with Crippen molar-refractivity contribution in [2.24, 2.45) is 0 Å². The lowest BCUT2D eigenvalue weighted by molar-refractivity contribution is -0.138. The van der Waals surface area contributed by atoms with Crippen molar-refractivity contribution in [2.45, 2.75) is 25.8 Å². The molecule has 6 nitrogen and oxygen atoms in total. The molecule has 1 aromatic carbocycles. The molecule has 0 unspecified atom stereocenters. The van der Waals surface area contributed by atoms with E-state index in [1.165, 1.54) is 0 Å². The second-order valence-electron chi connectivity index (χ2n) is 4.97. The first-order valence-corrected chi connectivity index (χ1v) is 6.12. The van der Waals surface area contributed by atoms with Crippen LogP contribution in [0.5, 0.6) is 11.5 Å². The first-order chi connectivity index (χ1) is 9.32. The van der Waals surface area contributed by atoms with Crippen LogP contribution in [0.3, 0.4) is 0 Å². The fourth-order valence-corrected chi connectivity index (χ4v) is 1.66. The second kappa shape index (κ2) is 6.79. The summed E-state index contributed by atoms with van der Waals surface area (Å²) in [6, 6.07) is 6.83. The van der Waals surface area contributed by atoms with Crippen molar-refractivity contribution in [2.75, 3.05) is 13.7 Å². The summed E-state index contributed by atoms with van der Waals surface area (Å²) in [4.78, 5) is 22.3. The molecule has 0 aliphatic rings. The molecule has 6 heteroatoms. The summed E-state index contributed by atoms with van der Waals surface area (Å²) < 4.78 is 10.3. The number of carboxylic acids is 1. The highest BCUT2D eigenvalue weighted by molar-refractivity contribution is 5.79. The predicted octanol–water partition coefficient (Wildman–Crippen LogP) is 1.44. The van der Waals surface area contributed by atoms with Crippen LogP contribution >= 0.6 is 0 Å². The van der Waals surface area contributed by atoms with Crippen LogP contribution in [0.15, 0.2) is 24.3 Å². The van der Waals surface area contributed by atoms with Gasteiger partial charge in [-0.2, -0.15) is 0 Å². The molecule has 1 aromatic rings. The fraction of sp³-hybridized carbons (Fsp3) is 0.429. The summed E-state index contributed by atoms with van der Waals surface area (Å²) in [6.45, 7) is 3.12. The van der Waals surface area contributed by atoms with Crippen LogP contribution in [0.25, 0.3) is 0 Å². The average Bonchev–Trinajstić information content (AvgIpc) is 2.34. The maximum Gasteiger partial charge on any atom is 0.305 e. The molecule has 0 atom stereocenters. The van der Waals surface area contributed by atoms with Gasteiger partial charge >= 0.3 is 5.97 Å². The van der Waals surface area contributed by atoms with Gasteiger partial charge in [-0.25, -0.2) is 0 Å². The number of aliphatic carboxylic acids is 1. The highest BCUT2D eigenvalue weighted by Gasteiger charge is 2.23. The molecule has 0 radical (unpaired) electrons. The van der Waals surface area contributed by atoms with Crippen LogP contribution in [0.1, 0.15) is 20.3 Å². The van der Waals surface area contributed by atoms with Crippen molar-refractivity contribution in [3.05, 3.63) is 24.3 Å². The Morgan fingerprint density at radius 2 is 1.75 bits per heavy atom. The molecular formula is C14H19NO5. The highest BCUT2D eigenvalue weighted by Crippen LogP contribution is 2.17. The van der Waals surface area contributed by atoms with E-state index >= 15 is 0 Å². The molecule has 0 heterocycles. The van der Waals surface area contributed by atoms with E-state index < -0.39 is 11.5 Å². The number of carbonyl (C=O) groups excluding carboxylic acids is 1. The molecule has 0 spiro atoms. The van der Waals surface area contributed by atoms with Crippen molar-refractivity contribution in [3.63, 3.8) is 0 Å². The smallest absolute Gasteiger partial charge is 0.305 e. The summed E-state index contributed by atoms with van der Waals surface area (Å²) >= 11 is 0. The molecule has 0 aromatic heterocycles. The van der Waals surface area contributed by atoms with Crippen LogP contribution in [0, 0.1) is 0 Å². The number of methoxy groups -OCH3 is 1. The topological polar surface area (TPSA) is 84.9 Å². The third-order valence-electron chi connectivity index (χ3n) is 2.50. The first kappa shape index (κ1) is 15.8. The molecule has 1 amide bonds.